The third-order valence-corrected chi connectivity index (χ3v) is 3.49. The van der Waals surface area contributed by atoms with Crippen molar-refractivity contribution in [2.24, 2.45) is 5.73 Å². The Morgan fingerprint density at radius 2 is 1.38 bits per heavy atom. The van der Waals surface area contributed by atoms with Crippen molar-refractivity contribution in [3.05, 3.63) is 95.0 Å². The Bertz CT molecular complexity index is 857. The highest BCUT2D eigenvalue weighted by molar-refractivity contribution is 5.63. The van der Waals surface area contributed by atoms with Gasteiger partial charge >= 0.3 is 0 Å². The molecule has 0 amide bonds. The molecule has 0 aromatic heterocycles. The second kappa shape index (κ2) is 7.86. The van der Waals surface area contributed by atoms with Crippen molar-refractivity contribution in [2.45, 2.75) is 6.54 Å². The van der Waals surface area contributed by atoms with Crippen LogP contribution in [-0.2, 0) is 6.54 Å². The van der Waals surface area contributed by atoms with Crippen LogP contribution in [-0.4, -0.2) is 0 Å². The van der Waals surface area contributed by atoms with E-state index in [9.17, 15) is 22.0 Å². The number of rotatable bonds is 6. The lowest BCUT2D eigenvalue weighted by Crippen LogP contribution is -2.16. The summed E-state index contributed by atoms with van der Waals surface area (Å²) in [6.07, 6.45) is 3.37. The van der Waals surface area contributed by atoms with E-state index in [1.54, 1.807) is 36.4 Å². The third-order valence-electron chi connectivity index (χ3n) is 3.49. The van der Waals surface area contributed by atoms with E-state index in [4.69, 9.17) is 5.73 Å². The van der Waals surface area contributed by atoms with Crippen molar-refractivity contribution in [3.8, 4) is 0 Å². The fourth-order valence-electron chi connectivity index (χ4n) is 2.12. The lowest BCUT2D eigenvalue weighted by Gasteiger charge is -2.13. The van der Waals surface area contributed by atoms with Gasteiger partial charge in [0.2, 0.25) is 5.82 Å². The third kappa shape index (κ3) is 4.11. The van der Waals surface area contributed by atoms with Crippen LogP contribution in [0.1, 0.15) is 16.7 Å². The van der Waals surface area contributed by atoms with E-state index in [0.717, 1.165) is 5.56 Å². The fraction of sp³-hybridized carbons (Fsp3) is 0.0526. The molecule has 0 aliphatic heterocycles. The topological polar surface area (TPSA) is 38.0 Å². The fourth-order valence-corrected chi connectivity index (χ4v) is 2.12. The predicted octanol–water partition coefficient (Wildman–Crippen LogP) is 4.63. The lowest BCUT2D eigenvalue weighted by atomic mass is 10.1. The van der Waals surface area contributed by atoms with Gasteiger partial charge in [-0.05, 0) is 17.2 Å². The normalized spacial score (nSPS) is 11.0. The summed E-state index contributed by atoms with van der Waals surface area (Å²) in [7, 11) is 0. The Kier molecular flexibility index (Phi) is 5.82. The summed E-state index contributed by atoms with van der Waals surface area (Å²) in [6, 6.07) is 6.96. The van der Waals surface area contributed by atoms with E-state index in [1.165, 1.54) is 0 Å². The number of halogens is 5. The van der Waals surface area contributed by atoms with Crippen molar-refractivity contribution < 1.29 is 22.0 Å². The molecule has 0 atom stereocenters. The van der Waals surface area contributed by atoms with Crippen LogP contribution in [0.15, 0.2) is 49.2 Å². The molecule has 0 saturated carbocycles. The summed E-state index contributed by atoms with van der Waals surface area (Å²) in [5, 5.41) is 2.56. The maximum absolute atomic E-state index is 13.7. The van der Waals surface area contributed by atoms with Crippen molar-refractivity contribution in [1.82, 2.24) is 5.32 Å². The first-order valence-electron chi connectivity index (χ1n) is 7.38. The molecule has 0 fully saturated rings. The summed E-state index contributed by atoms with van der Waals surface area (Å²) in [5.74, 6) is -10.1. The maximum Gasteiger partial charge on any atom is 0.200 e. The van der Waals surface area contributed by atoms with Crippen LogP contribution in [0.2, 0.25) is 0 Å². The molecule has 2 rings (SSSR count). The van der Waals surface area contributed by atoms with Crippen molar-refractivity contribution in [3.63, 3.8) is 0 Å². The smallest absolute Gasteiger partial charge is 0.200 e. The van der Waals surface area contributed by atoms with Gasteiger partial charge in [-0.3, -0.25) is 0 Å². The molecule has 0 bridgehead atoms. The summed E-state index contributed by atoms with van der Waals surface area (Å²) >= 11 is 0. The molecule has 7 heteroatoms. The summed E-state index contributed by atoms with van der Waals surface area (Å²) in [5.41, 5.74) is 5.88. The second-order valence-corrected chi connectivity index (χ2v) is 5.43. The highest BCUT2D eigenvalue weighted by atomic mass is 19.2. The van der Waals surface area contributed by atoms with Gasteiger partial charge in [0.05, 0.1) is 5.56 Å². The number of benzene rings is 2. The van der Waals surface area contributed by atoms with Gasteiger partial charge in [-0.2, -0.15) is 0 Å². The van der Waals surface area contributed by atoms with Gasteiger partial charge in [-0.15, -0.1) is 0 Å². The summed E-state index contributed by atoms with van der Waals surface area (Å²) in [4.78, 5) is 0. The SMILES string of the molecule is C=C(N)/C=C/c1ccc(CNC(=C)c2c(F)c(F)c(F)c(F)c2F)cc1. The van der Waals surface area contributed by atoms with E-state index >= 15 is 0 Å². The predicted molar refractivity (Wildman–Crippen MR) is 90.9 cm³/mol. The summed E-state index contributed by atoms with van der Waals surface area (Å²) < 4.78 is 67.0. The quantitative estimate of drug-likeness (QED) is 0.339. The molecule has 2 aromatic carbocycles. The van der Waals surface area contributed by atoms with E-state index in [2.05, 4.69) is 18.5 Å². The molecule has 0 aliphatic rings. The van der Waals surface area contributed by atoms with Crippen LogP contribution in [0.25, 0.3) is 11.8 Å². The minimum absolute atomic E-state index is 0.0753. The number of nitrogens with two attached hydrogens (primary N) is 1. The van der Waals surface area contributed by atoms with E-state index in [0.29, 0.717) is 11.3 Å². The molecule has 26 heavy (non-hydrogen) atoms. The Morgan fingerprint density at radius 1 is 0.885 bits per heavy atom. The molecule has 0 aliphatic carbocycles. The maximum atomic E-state index is 13.7. The molecule has 3 N–H and O–H groups in total. The molecule has 2 nitrogen and oxygen atoms in total. The Morgan fingerprint density at radius 3 is 1.88 bits per heavy atom. The highest BCUT2D eigenvalue weighted by Gasteiger charge is 2.26. The van der Waals surface area contributed by atoms with Crippen LogP contribution in [0.3, 0.4) is 0 Å². The van der Waals surface area contributed by atoms with Crippen LogP contribution in [0.4, 0.5) is 22.0 Å². The zero-order valence-electron chi connectivity index (χ0n) is 13.6. The Hall–Kier alpha value is -3.09. The first-order valence-corrected chi connectivity index (χ1v) is 7.38. The molecule has 0 saturated heterocycles. The second-order valence-electron chi connectivity index (χ2n) is 5.43. The standard InChI is InChI=1S/C19H15F5N2/c1-10(25)3-4-12-5-7-13(8-6-12)9-26-11(2)14-15(20)17(22)19(24)18(23)16(14)21/h3-8,26H,1-2,9,25H2/b4-3+. The van der Waals surface area contributed by atoms with Gasteiger partial charge in [0.1, 0.15) is 0 Å². The van der Waals surface area contributed by atoms with Crippen molar-refractivity contribution in [1.29, 1.82) is 0 Å². The largest absolute Gasteiger partial charge is 0.399 e. The minimum atomic E-state index is -2.21. The van der Waals surface area contributed by atoms with E-state index < -0.39 is 40.3 Å². The molecule has 0 radical (unpaired) electrons. The van der Waals surface area contributed by atoms with Gasteiger partial charge in [0, 0.05) is 17.9 Å². The number of hydrogen-bond acceptors (Lipinski definition) is 2. The number of nitrogens with one attached hydrogen (secondary N) is 1. The van der Waals surface area contributed by atoms with E-state index in [-0.39, 0.29) is 6.54 Å². The van der Waals surface area contributed by atoms with Gasteiger partial charge in [0.15, 0.2) is 23.3 Å². The van der Waals surface area contributed by atoms with Crippen LogP contribution < -0.4 is 11.1 Å². The molecule has 2 aromatic rings. The average molecular weight is 366 g/mol. The zero-order chi connectivity index (χ0) is 19.4. The molecule has 0 spiro atoms. The summed E-state index contributed by atoms with van der Waals surface area (Å²) in [6.45, 7) is 6.96. The molecule has 136 valence electrons. The Labute approximate surface area is 147 Å². The first-order chi connectivity index (χ1) is 12.2. The number of allylic oxidation sites excluding steroid dienone is 1. The van der Waals surface area contributed by atoms with Gasteiger partial charge in [-0.25, -0.2) is 22.0 Å². The first kappa shape index (κ1) is 19.2. The van der Waals surface area contributed by atoms with Crippen LogP contribution in [0.5, 0.6) is 0 Å². The van der Waals surface area contributed by atoms with E-state index in [1.807, 2.05) is 0 Å². The van der Waals surface area contributed by atoms with Gasteiger partial charge in [0.25, 0.3) is 0 Å². The molecular weight excluding hydrogens is 351 g/mol. The lowest BCUT2D eigenvalue weighted by molar-refractivity contribution is 0.375. The van der Waals surface area contributed by atoms with Crippen molar-refractivity contribution >= 4 is 11.8 Å². The van der Waals surface area contributed by atoms with Crippen LogP contribution in [0, 0.1) is 29.1 Å². The Balaban J connectivity index is 2.14. The van der Waals surface area contributed by atoms with Gasteiger partial charge < -0.3 is 11.1 Å². The molecule has 0 heterocycles. The average Bonchev–Trinajstić information content (AvgIpc) is 2.62. The monoisotopic (exact) mass is 366 g/mol. The minimum Gasteiger partial charge on any atom is -0.399 e. The molecular formula is C19H15F5N2. The highest BCUT2D eigenvalue weighted by Crippen LogP contribution is 2.26. The zero-order valence-corrected chi connectivity index (χ0v) is 13.6. The van der Waals surface area contributed by atoms with Crippen molar-refractivity contribution in [2.75, 3.05) is 0 Å². The number of hydrogen-bond donors (Lipinski definition) is 2. The van der Waals surface area contributed by atoms with Crippen LogP contribution >= 0.6 is 0 Å². The van der Waals surface area contributed by atoms with Gasteiger partial charge in [-0.1, -0.05) is 43.5 Å². The molecule has 0 unspecified atom stereocenters.